The van der Waals surface area contributed by atoms with Crippen LogP contribution in [0.5, 0.6) is 0 Å². The summed E-state index contributed by atoms with van der Waals surface area (Å²) in [4.78, 5) is 25.3. The molecule has 27 heavy (non-hydrogen) atoms. The molecular formula is C22H16Cl2O3. The lowest BCUT2D eigenvalue weighted by atomic mass is 9.98. The SMILES string of the molecule is Cc1ccc(C(=O)c2ccccc2C(=O)OCc2ccc(Cl)c(Cl)c2)cc1. The van der Waals surface area contributed by atoms with E-state index in [4.69, 9.17) is 27.9 Å². The van der Waals surface area contributed by atoms with Crippen LogP contribution in [0.4, 0.5) is 0 Å². The number of benzene rings is 3. The second-order valence-corrected chi connectivity index (χ2v) is 6.88. The van der Waals surface area contributed by atoms with E-state index in [1.807, 2.05) is 19.1 Å². The molecule has 136 valence electrons. The van der Waals surface area contributed by atoms with Gasteiger partial charge in [0.15, 0.2) is 5.78 Å². The van der Waals surface area contributed by atoms with Gasteiger partial charge in [0.1, 0.15) is 6.61 Å². The summed E-state index contributed by atoms with van der Waals surface area (Å²) in [5.74, 6) is -0.797. The molecule has 0 fully saturated rings. The van der Waals surface area contributed by atoms with E-state index in [0.29, 0.717) is 26.7 Å². The second kappa shape index (κ2) is 8.38. The van der Waals surface area contributed by atoms with Crippen molar-refractivity contribution in [2.24, 2.45) is 0 Å². The Kier molecular flexibility index (Phi) is 5.94. The molecule has 0 heterocycles. The van der Waals surface area contributed by atoms with E-state index in [1.54, 1.807) is 54.6 Å². The molecule has 0 aliphatic heterocycles. The Morgan fingerprint density at radius 3 is 2.19 bits per heavy atom. The van der Waals surface area contributed by atoms with Crippen LogP contribution in [0.1, 0.15) is 37.4 Å². The van der Waals surface area contributed by atoms with Crippen LogP contribution in [0.15, 0.2) is 66.7 Å². The van der Waals surface area contributed by atoms with Crippen LogP contribution in [0, 0.1) is 6.92 Å². The number of aryl methyl sites for hydroxylation is 1. The fourth-order valence-corrected chi connectivity index (χ4v) is 2.90. The first kappa shape index (κ1) is 19.2. The number of rotatable bonds is 5. The van der Waals surface area contributed by atoms with E-state index in [-0.39, 0.29) is 18.0 Å². The van der Waals surface area contributed by atoms with Crippen molar-refractivity contribution in [3.63, 3.8) is 0 Å². The third-order valence-electron chi connectivity index (χ3n) is 4.06. The average molecular weight is 399 g/mol. The van der Waals surface area contributed by atoms with Crippen molar-refractivity contribution < 1.29 is 14.3 Å². The maximum Gasteiger partial charge on any atom is 0.339 e. The van der Waals surface area contributed by atoms with Crippen LogP contribution < -0.4 is 0 Å². The van der Waals surface area contributed by atoms with Gasteiger partial charge in [-0.1, -0.05) is 77.3 Å². The molecule has 0 N–H and O–H groups in total. The smallest absolute Gasteiger partial charge is 0.339 e. The Balaban J connectivity index is 1.80. The quantitative estimate of drug-likeness (QED) is 0.397. The average Bonchev–Trinajstić information content (AvgIpc) is 2.68. The molecule has 3 aromatic rings. The fraction of sp³-hybridized carbons (Fsp3) is 0.0909. The molecule has 0 amide bonds. The Labute approximate surface area is 167 Å². The van der Waals surface area contributed by atoms with Crippen LogP contribution in [-0.2, 0) is 11.3 Å². The van der Waals surface area contributed by atoms with Gasteiger partial charge >= 0.3 is 5.97 Å². The van der Waals surface area contributed by atoms with Crippen molar-refractivity contribution in [3.05, 3.63) is 105 Å². The second-order valence-electron chi connectivity index (χ2n) is 6.07. The summed E-state index contributed by atoms with van der Waals surface area (Å²) in [6.07, 6.45) is 0. The Bertz CT molecular complexity index is 995. The molecule has 5 heteroatoms. The lowest BCUT2D eigenvalue weighted by Crippen LogP contribution is -2.12. The molecule has 0 aliphatic carbocycles. The number of hydrogen-bond donors (Lipinski definition) is 0. The predicted molar refractivity (Wildman–Crippen MR) is 107 cm³/mol. The van der Waals surface area contributed by atoms with Gasteiger partial charge in [-0.25, -0.2) is 4.79 Å². The van der Waals surface area contributed by atoms with Gasteiger partial charge in [0.05, 0.1) is 15.6 Å². The van der Waals surface area contributed by atoms with Crippen molar-refractivity contribution in [2.75, 3.05) is 0 Å². The highest BCUT2D eigenvalue weighted by atomic mass is 35.5. The summed E-state index contributed by atoms with van der Waals surface area (Å²) in [7, 11) is 0. The first-order chi connectivity index (χ1) is 13.0. The van der Waals surface area contributed by atoms with Crippen molar-refractivity contribution in [1.29, 1.82) is 0 Å². The highest BCUT2D eigenvalue weighted by Crippen LogP contribution is 2.23. The monoisotopic (exact) mass is 398 g/mol. The van der Waals surface area contributed by atoms with E-state index in [2.05, 4.69) is 0 Å². The van der Waals surface area contributed by atoms with Crippen molar-refractivity contribution in [2.45, 2.75) is 13.5 Å². The highest BCUT2D eigenvalue weighted by Gasteiger charge is 2.19. The van der Waals surface area contributed by atoms with Crippen molar-refractivity contribution in [1.82, 2.24) is 0 Å². The molecule has 0 aliphatic rings. The summed E-state index contributed by atoms with van der Waals surface area (Å²) in [6.45, 7) is 1.98. The molecular weight excluding hydrogens is 383 g/mol. The molecule has 3 nitrogen and oxygen atoms in total. The molecule has 0 unspecified atom stereocenters. The number of carbonyl (C=O) groups excluding carboxylic acids is 2. The van der Waals surface area contributed by atoms with Gasteiger partial charge in [-0.3, -0.25) is 4.79 Å². The molecule has 0 saturated heterocycles. The first-order valence-corrected chi connectivity index (χ1v) is 9.03. The van der Waals surface area contributed by atoms with Gasteiger partial charge < -0.3 is 4.74 Å². The highest BCUT2D eigenvalue weighted by molar-refractivity contribution is 6.42. The summed E-state index contributed by atoms with van der Waals surface area (Å²) < 4.78 is 5.36. The summed E-state index contributed by atoms with van der Waals surface area (Å²) in [5, 5.41) is 0.820. The molecule has 0 bridgehead atoms. The van der Waals surface area contributed by atoms with E-state index in [0.717, 1.165) is 5.56 Å². The maximum atomic E-state index is 12.8. The molecule has 0 aromatic heterocycles. The number of ketones is 1. The standard InChI is InChI=1S/C22H16Cl2O3/c1-14-6-9-16(10-7-14)21(25)17-4-2-3-5-18(17)22(26)27-13-15-8-11-19(23)20(24)12-15/h2-12H,13H2,1H3. The number of ether oxygens (including phenoxy) is 1. The number of halogens is 2. The van der Waals surface area contributed by atoms with Crippen LogP contribution in [0.25, 0.3) is 0 Å². The zero-order chi connectivity index (χ0) is 19.4. The van der Waals surface area contributed by atoms with Crippen LogP contribution in [0.2, 0.25) is 10.0 Å². The van der Waals surface area contributed by atoms with Gasteiger partial charge in [-0.2, -0.15) is 0 Å². The third kappa shape index (κ3) is 4.57. The molecule has 3 rings (SSSR count). The van der Waals surface area contributed by atoms with E-state index >= 15 is 0 Å². The van der Waals surface area contributed by atoms with E-state index < -0.39 is 5.97 Å². The fourth-order valence-electron chi connectivity index (χ4n) is 2.58. The lowest BCUT2D eigenvalue weighted by Gasteiger charge is -2.10. The van der Waals surface area contributed by atoms with Crippen LogP contribution in [-0.4, -0.2) is 11.8 Å². The molecule has 0 saturated carbocycles. The maximum absolute atomic E-state index is 12.8. The zero-order valence-electron chi connectivity index (χ0n) is 14.5. The van der Waals surface area contributed by atoms with Gasteiger partial charge in [0, 0.05) is 11.1 Å². The molecule has 0 radical (unpaired) electrons. The number of esters is 1. The minimum Gasteiger partial charge on any atom is -0.457 e. The van der Waals surface area contributed by atoms with Gasteiger partial charge in [-0.15, -0.1) is 0 Å². The van der Waals surface area contributed by atoms with Gasteiger partial charge in [0.25, 0.3) is 0 Å². The Hall–Kier alpha value is -2.62. The van der Waals surface area contributed by atoms with Crippen LogP contribution >= 0.6 is 23.2 Å². The van der Waals surface area contributed by atoms with Crippen molar-refractivity contribution in [3.8, 4) is 0 Å². The Morgan fingerprint density at radius 2 is 1.52 bits per heavy atom. The molecule has 3 aromatic carbocycles. The number of hydrogen-bond acceptors (Lipinski definition) is 3. The Morgan fingerprint density at radius 1 is 0.852 bits per heavy atom. The third-order valence-corrected chi connectivity index (χ3v) is 4.80. The predicted octanol–water partition coefficient (Wildman–Crippen LogP) is 5.89. The zero-order valence-corrected chi connectivity index (χ0v) is 16.1. The summed E-state index contributed by atoms with van der Waals surface area (Å²) in [5.41, 5.74) is 2.81. The normalized spacial score (nSPS) is 10.5. The first-order valence-electron chi connectivity index (χ1n) is 8.27. The lowest BCUT2D eigenvalue weighted by molar-refractivity contribution is 0.0470. The topological polar surface area (TPSA) is 43.4 Å². The van der Waals surface area contributed by atoms with Crippen LogP contribution in [0.3, 0.4) is 0 Å². The minimum absolute atomic E-state index is 0.0305. The van der Waals surface area contributed by atoms with Crippen molar-refractivity contribution >= 4 is 35.0 Å². The van der Waals surface area contributed by atoms with E-state index in [9.17, 15) is 9.59 Å². The number of carbonyl (C=O) groups is 2. The van der Waals surface area contributed by atoms with Gasteiger partial charge in [0.2, 0.25) is 0 Å². The summed E-state index contributed by atoms with van der Waals surface area (Å²) in [6, 6.07) is 18.8. The summed E-state index contributed by atoms with van der Waals surface area (Å²) >= 11 is 11.9. The van der Waals surface area contributed by atoms with E-state index in [1.165, 1.54) is 0 Å². The molecule has 0 spiro atoms. The minimum atomic E-state index is -0.572. The largest absolute Gasteiger partial charge is 0.457 e. The van der Waals surface area contributed by atoms with Gasteiger partial charge in [-0.05, 0) is 30.7 Å². The molecule has 0 atom stereocenters.